The van der Waals surface area contributed by atoms with Crippen LogP contribution in [0.25, 0.3) is 0 Å². The molecule has 1 rings (SSSR count). The Morgan fingerprint density at radius 2 is 2.00 bits per heavy atom. The van der Waals surface area contributed by atoms with Gasteiger partial charge in [0.15, 0.2) is 6.10 Å². The van der Waals surface area contributed by atoms with E-state index in [1.807, 2.05) is 27.7 Å². The number of aliphatic hydroxyl groups is 2. The van der Waals surface area contributed by atoms with Crippen LogP contribution in [0.15, 0.2) is 11.6 Å². The monoisotopic (exact) mass is 298 g/mol. The summed E-state index contributed by atoms with van der Waals surface area (Å²) in [5.74, 6) is -1.15. The molecule has 0 amide bonds. The summed E-state index contributed by atoms with van der Waals surface area (Å²) in [6, 6.07) is 0. The van der Waals surface area contributed by atoms with Gasteiger partial charge in [0.2, 0.25) is 5.78 Å². The molecule has 0 unspecified atom stereocenters. The summed E-state index contributed by atoms with van der Waals surface area (Å²) in [7, 11) is 0. The Labute approximate surface area is 126 Å². The van der Waals surface area contributed by atoms with E-state index >= 15 is 0 Å². The number of rotatable bonds is 6. The summed E-state index contributed by atoms with van der Waals surface area (Å²) in [4.78, 5) is 24.2. The smallest absolute Gasteiger partial charge is 0.306 e. The molecule has 1 aliphatic carbocycles. The highest BCUT2D eigenvalue weighted by Gasteiger charge is 2.42. The van der Waals surface area contributed by atoms with Gasteiger partial charge in [0.25, 0.3) is 0 Å². The van der Waals surface area contributed by atoms with Gasteiger partial charge in [0, 0.05) is 17.9 Å². The van der Waals surface area contributed by atoms with E-state index in [4.69, 9.17) is 4.74 Å². The third-order valence-corrected chi connectivity index (χ3v) is 4.10. The van der Waals surface area contributed by atoms with Crippen LogP contribution >= 0.6 is 0 Å². The van der Waals surface area contributed by atoms with Gasteiger partial charge in [-0.1, -0.05) is 34.1 Å². The van der Waals surface area contributed by atoms with Crippen molar-refractivity contribution in [1.29, 1.82) is 0 Å². The second kappa shape index (κ2) is 7.71. The summed E-state index contributed by atoms with van der Waals surface area (Å²) >= 11 is 0. The van der Waals surface area contributed by atoms with E-state index in [1.165, 1.54) is 6.08 Å². The molecule has 0 aromatic rings. The van der Waals surface area contributed by atoms with E-state index in [0.717, 1.165) is 6.42 Å². The topological polar surface area (TPSA) is 83.8 Å². The minimum absolute atomic E-state index is 0.0261. The van der Waals surface area contributed by atoms with Crippen LogP contribution in [0.4, 0.5) is 0 Å². The molecule has 5 nitrogen and oxygen atoms in total. The summed E-state index contributed by atoms with van der Waals surface area (Å²) < 4.78 is 5.35. The molecule has 0 aromatic carbocycles. The molecule has 4 atom stereocenters. The van der Waals surface area contributed by atoms with Gasteiger partial charge < -0.3 is 14.9 Å². The van der Waals surface area contributed by atoms with Crippen LogP contribution in [-0.4, -0.2) is 40.8 Å². The maximum atomic E-state index is 12.3. The van der Waals surface area contributed by atoms with Gasteiger partial charge in [0.05, 0.1) is 12.7 Å². The van der Waals surface area contributed by atoms with Crippen LogP contribution in [0.2, 0.25) is 0 Å². The van der Waals surface area contributed by atoms with E-state index in [-0.39, 0.29) is 23.8 Å². The molecule has 0 saturated heterocycles. The van der Waals surface area contributed by atoms with Crippen molar-refractivity contribution in [2.45, 2.75) is 52.7 Å². The first kappa shape index (κ1) is 17.9. The quantitative estimate of drug-likeness (QED) is 0.725. The highest BCUT2D eigenvalue weighted by molar-refractivity contribution is 6.01. The molecule has 1 aliphatic rings. The van der Waals surface area contributed by atoms with Crippen molar-refractivity contribution in [2.75, 3.05) is 6.61 Å². The number of esters is 1. The average Bonchev–Trinajstić information content (AvgIpc) is 2.41. The summed E-state index contributed by atoms with van der Waals surface area (Å²) in [5, 5.41) is 19.3. The van der Waals surface area contributed by atoms with Gasteiger partial charge in [-0.2, -0.15) is 0 Å². The van der Waals surface area contributed by atoms with Gasteiger partial charge in [0.1, 0.15) is 0 Å². The standard InChI is InChI=1S/C16H26O5/c1-5-10(4)6-13(19)21-16-14(9(2)3)12(18)7-11(8-17)15(16)20/h7,9-10,12,14,16-18H,5-6,8H2,1-4H3/t10-,12+,14+,16+/m1/s1. The second-order valence-electron chi connectivity index (χ2n) is 6.15. The lowest BCUT2D eigenvalue weighted by molar-refractivity contribution is -0.162. The lowest BCUT2D eigenvalue weighted by atomic mass is 9.77. The van der Waals surface area contributed by atoms with Crippen molar-refractivity contribution in [3.63, 3.8) is 0 Å². The predicted octanol–water partition coefficient (Wildman–Crippen LogP) is 1.47. The molecular weight excluding hydrogens is 272 g/mol. The van der Waals surface area contributed by atoms with Crippen LogP contribution in [0.1, 0.15) is 40.5 Å². The van der Waals surface area contributed by atoms with E-state index in [0.29, 0.717) is 0 Å². The van der Waals surface area contributed by atoms with Gasteiger partial charge >= 0.3 is 5.97 Å². The molecule has 0 saturated carbocycles. The van der Waals surface area contributed by atoms with Crippen LogP contribution in [0.5, 0.6) is 0 Å². The molecule has 2 N–H and O–H groups in total. The number of carbonyl (C=O) groups excluding carboxylic acids is 2. The first-order chi connectivity index (χ1) is 9.81. The minimum Gasteiger partial charge on any atom is -0.454 e. The molecule has 0 fully saturated rings. The van der Waals surface area contributed by atoms with Crippen molar-refractivity contribution < 1.29 is 24.5 Å². The lowest BCUT2D eigenvalue weighted by Crippen LogP contribution is -2.47. The summed E-state index contributed by atoms with van der Waals surface area (Å²) in [6.45, 7) is 7.21. The number of hydrogen-bond donors (Lipinski definition) is 2. The maximum absolute atomic E-state index is 12.3. The second-order valence-corrected chi connectivity index (χ2v) is 6.15. The molecule has 0 heterocycles. The third kappa shape index (κ3) is 4.38. The zero-order valence-corrected chi connectivity index (χ0v) is 13.2. The number of Topliss-reactive ketones (excluding diaryl/α,β-unsaturated/α-hetero) is 1. The molecule has 0 aliphatic heterocycles. The minimum atomic E-state index is -1.01. The van der Waals surface area contributed by atoms with E-state index in [2.05, 4.69) is 0 Å². The Kier molecular flexibility index (Phi) is 6.55. The first-order valence-corrected chi connectivity index (χ1v) is 7.55. The van der Waals surface area contributed by atoms with Crippen molar-refractivity contribution >= 4 is 11.8 Å². The van der Waals surface area contributed by atoms with Gasteiger partial charge in [-0.3, -0.25) is 9.59 Å². The van der Waals surface area contributed by atoms with E-state index < -0.39 is 36.5 Å². The zero-order valence-electron chi connectivity index (χ0n) is 13.2. The molecule has 0 bridgehead atoms. The molecule has 0 aromatic heterocycles. The number of carbonyl (C=O) groups is 2. The Hall–Kier alpha value is -1.20. The van der Waals surface area contributed by atoms with Gasteiger partial charge in [-0.15, -0.1) is 0 Å². The molecule has 0 radical (unpaired) electrons. The van der Waals surface area contributed by atoms with Crippen molar-refractivity contribution in [3.05, 3.63) is 11.6 Å². The first-order valence-electron chi connectivity index (χ1n) is 7.55. The molecule has 21 heavy (non-hydrogen) atoms. The largest absolute Gasteiger partial charge is 0.454 e. The maximum Gasteiger partial charge on any atom is 0.306 e. The van der Waals surface area contributed by atoms with E-state index in [1.54, 1.807) is 0 Å². The van der Waals surface area contributed by atoms with Crippen LogP contribution in [0, 0.1) is 17.8 Å². The number of aliphatic hydroxyl groups excluding tert-OH is 2. The molecule has 120 valence electrons. The Morgan fingerprint density at radius 3 is 2.48 bits per heavy atom. The molecular formula is C16H26O5. The van der Waals surface area contributed by atoms with Crippen LogP contribution < -0.4 is 0 Å². The van der Waals surface area contributed by atoms with Gasteiger partial charge in [-0.25, -0.2) is 0 Å². The Balaban J connectivity index is 2.91. The highest BCUT2D eigenvalue weighted by atomic mass is 16.5. The number of ether oxygens (including phenoxy) is 1. The third-order valence-electron chi connectivity index (χ3n) is 4.10. The fourth-order valence-electron chi connectivity index (χ4n) is 2.56. The fourth-order valence-corrected chi connectivity index (χ4v) is 2.56. The fraction of sp³-hybridized carbons (Fsp3) is 0.750. The van der Waals surface area contributed by atoms with Gasteiger partial charge in [-0.05, 0) is 17.9 Å². The molecule has 0 spiro atoms. The number of ketones is 1. The van der Waals surface area contributed by atoms with Crippen LogP contribution in [-0.2, 0) is 14.3 Å². The van der Waals surface area contributed by atoms with Crippen molar-refractivity contribution in [1.82, 2.24) is 0 Å². The van der Waals surface area contributed by atoms with Crippen LogP contribution in [0.3, 0.4) is 0 Å². The Morgan fingerprint density at radius 1 is 1.38 bits per heavy atom. The predicted molar refractivity (Wildman–Crippen MR) is 78.5 cm³/mol. The highest BCUT2D eigenvalue weighted by Crippen LogP contribution is 2.30. The van der Waals surface area contributed by atoms with Crippen molar-refractivity contribution in [2.24, 2.45) is 17.8 Å². The zero-order chi connectivity index (χ0) is 16.2. The summed E-state index contributed by atoms with van der Waals surface area (Å²) in [5.41, 5.74) is 0.112. The van der Waals surface area contributed by atoms with Crippen molar-refractivity contribution in [3.8, 4) is 0 Å². The lowest BCUT2D eigenvalue weighted by Gasteiger charge is -2.35. The number of hydrogen-bond acceptors (Lipinski definition) is 5. The molecule has 5 heteroatoms. The van der Waals surface area contributed by atoms with E-state index in [9.17, 15) is 19.8 Å². The summed E-state index contributed by atoms with van der Waals surface area (Å²) in [6.07, 6.45) is 0.562. The average molecular weight is 298 g/mol. The Bertz CT molecular complexity index is 413. The normalized spacial score (nSPS) is 27.5. The SMILES string of the molecule is CC[C@@H](C)CC(=O)O[C@@H]1C(=O)C(CO)=C[C@H](O)[C@@H]1C(C)C.